The molecule has 2 aromatic heterocycles. The molecular weight excluding hydrogens is 392 g/mol. The van der Waals surface area contributed by atoms with Crippen LogP contribution in [-0.4, -0.2) is 0 Å². The normalized spacial score (nSPS) is 10.4. The van der Waals surface area contributed by atoms with Crippen LogP contribution < -0.4 is 30.8 Å². The molecule has 0 saturated carbocycles. The summed E-state index contributed by atoms with van der Waals surface area (Å²) < 4.78 is 3.71. The van der Waals surface area contributed by atoms with Crippen LogP contribution in [0.5, 0.6) is 0 Å². The Hall–Kier alpha value is 1.02. The van der Waals surface area contributed by atoms with Crippen molar-refractivity contribution in [1.82, 2.24) is 0 Å². The van der Waals surface area contributed by atoms with E-state index in [-0.39, 0.29) is 24.8 Å². The molecule has 2 unspecified atom stereocenters. The standard InChI is InChI=1S/2C7H10P.2ClH.Zr/c2*1-5-4-8-7(3)6(5)2;;;/h2*8H,1-3H3;2*1H;/q;;;;+2/p-2. The molecule has 0 bridgehead atoms. The van der Waals surface area contributed by atoms with Crippen molar-refractivity contribution in [2.24, 2.45) is 0 Å². The van der Waals surface area contributed by atoms with Crippen LogP contribution in [0, 0.1) is 41.5 Å². The largest absolute Gasteiger partial charge is 1.00 e. The average molecular weight is 412 g/mol. The average Bonchev–Trinajstić information content (AvgIpc) is 2.66. The van der Waals surface area contributed by atoms with Crippen molar-refractivity contribution in [2.75, 3.05) is 0 Å². The number of halogens is 2. The summed E-state index contributed by atoms with van der Waals surface area (Å²) >= 11 is -0.466. The Kier molecular flexibility index (Phi) is 8.29. The molecular formula is C14H20Cl2P2Zr. The van der Waals surface area contributed by atoms with Crippen molar-refractivity contribution in [3.63, 3.8) is 0 Å². The summed E-state index contributed by atoms with van der Waals surface area (Å²) in [5.41, 5.74) is 6.44. The van der Waals surface area contributed by atoms with Gasteiger partial charge in [-0.2, -0.15) is 0 Å². The molecule has 5 heteroatoms. The summed E-state index contributed by atoms with van der Waals surface area (Å²) in [6.45, 7) is 13.9. The topological polar surface area (TPSA) is 0 Å². The first-order chi connectivity index (χ1) is 7.91. The van der Waals surface area contributed by atoms with Gasteiger partial charge in [0.2, 0.25) is 0 Å². The van der Waals surface area contributed by atoms with E-state index in [9.17, 15) is 0 Å². The molecule has 2 rings (SSSR count). The van der Waals surface area contributed by atoms with Gasteiger partial charge < -0.3 is 24.8 Å². The fourth-order valence-electron chi connectivity index (χ4n) is 2.06. The monoisotopic (exact) mass is 410 g/mol. The zero-order valence-electron chi connectivity index (χ0n) is 12.3. The minimum absolute atomic E-state index is 0. The maximum atomic E-state index is 2.34. The van der Waals surface area contributed by atoms with Crippen molar-refractivity contribution in [1.29, 1.82) is 0 Å². The number of rotatable bonds is 2. The first kappa shape index (κ1) is 20.0. The van der Waals surface area contributed by atoms with Gasteiger partial charge in [-0.25, -0.2) is 0 Å². The van der Waals surface area contributed by atoms with Crippen molar-refractivity contribution < 1.29 is 48.0 Å². The van der Waals surface area contributed by atoms with E-state index in [1.54, 1.807) is 32.8 Å². The van der Waals surface area contributed by atoms with Gasteiger partial charge in [-0.05, 0) is 0 Å². The first-order valence-corrected chi connectivity index (χ1v) is 10.5. The quantitative estimate of drug-likeness (QED) is 0.518. The zero-order chi connectivity index (χ0) is 12.7. The molecule has 0 spiro atoms. The van der Waals surface area contributed by atoms with E-state index >= 15 is 0 Å². The summed E-state index contributed by atoms with van der Waals surface area (Å²) in [6, 6.07) is 0. The van der Waals surface area contributed by atoms with E-state index in [0.717, 1.165) is 16.4 Å². The van der Waals surface area contributed by atoms with Crippen molar-refractivity contribution in [3.05, 3.63) is 32.8 Å². The fourth-order valence-corrected chi connectivity index (χ4v) is 12.8. The second-order valence-electron chi connectivity index (χ2n) is 4.88. The molecule has 0 saturated heterocycles. The van der Waals surface area contributed by atoms with Crippen LogP contribution in [-0.2, 0) is 23.2 Å². The van der Waals surface area contributed by atoms with Gasteiger partial charge in [-0.1, -0.05) is 0 Å². The Morgan fingerprint density at radius 2 is 0.895 bits per heavy atom. The van der Waals surface area contributed by atoms with Gasteiger partial charge >= 0.3 is 120 Å². The molecule has 2 atom stereocenters. The first-order valence-electron chi connectivity index (χ1n) is 6.00. The van der Waals surface area contributed by atoms with Gasteiger partial charge in [-0.3, -0.25) is 0 Å². The maximum absolute atomic E-state index is 2.34. The van der Waals surface area contributed by atoms with Crippen LogP contribution >= 0.6 is 16.4 Å². The Bertz CT molecular complexity index is 520. The molecule has 0 nitrogen and oxygen atoms in total. The van der Waals surface area contributed by atoms with Crippen LogP contribution in [0.25, 0.3) is 0 Å². The molecule has 0 aromatic carbocycles. The van der Waals surface area contributed by atoms with Gasteiger partial charge in [0, 0.05) is 0 Å². The van der Waals surface area contributed by atoms with Gasteiger partial charge in [0.25, 0.3) is 0 Å². The maximum Gasteiger partial charge on any atom is -1.00 e. The van der Waals surface area contributed by atoms with Crippen molar-refractivity contribution in [2.45, 2.75) is 41.5 Å². The van der Waals surface area contributed by atoms with Gasteiger partial charge in [0.05, 0.1) is 0 Å². The molecule has 0 aliphatic carbocycles. The van der Waals surface area contributed by atoms with Crippen LogP contribution in [0.15, 0.2) is 0 Å². The van der Waals surface area contributed by atoms with E-state index < -0.39 is 23.2 Å². The Balaban J connectivity index is 0.00000162. The van der Waals surface area contributed by atoms with Crippen molar-refractivity contribution in [3.8, 4) is 0 Å². The van der Waals surface area contributed by atoms with Gasteiger partial charge in [0.15, 0.2) is 0 Å². The fraction of sp³-hybridized carbons (Fsp3) is 0.429. The zero-order valence-corrected chi connectivity index (χ0v) is 18.2. The summed E-state index contributed by atoms with van der Waals surface area (Å²) in [5.74, 6) is 0. The predicted molar refractivity (Wildman–Crippen MR) is 79.6 cm³/mol. The molecule has 0 aliphatic rings. The van der Waals surface area contributed by atoms with E-state index in [1.807, 2.05) is 6.01 Å². The van der Waals surface area contributed by atoms with E-state index in [0.29, 0.717) is 0 Å². The third-order valence-electron chi connectivity index (χ3n) is 3.88. The molecule has 19 heavy (non-hydrogen) atoms. The molecule has 104 valence electrons. The third-order valence-corrected chi connectivity index (χ3v) is 13.0. The molecule has 2 aromatic rings. The predicted octanol–water partition coefficient (Wildman–Crippen LogP) is -2.36. The minimum Gasteiger partial charge on any atom is -1.00 e. The molecule has 2 heterocycles. The SMILES string of the molecule is Cc1[pH][c]([Zr+2][c]2[pH]c(C)c(C)c2C)c(C)c1C.[Cl-].[Cl-]. The third kappa shape index (κ3) is 4.02. The van der Waals surface area contributed by atoms with Crippen LogP contribution in [0.3, 0.4) is 0 Å². The molecule has 0 radical (unpaired) electrons. The van der Waals surface area contributed by atoms with Crippen molar-refractivity contribution >= 4 is 22.4 Å². The summed E-state index contributed by atoms with van der Waals surface area (Å²) in [4.78, 5) is 0. The number of aryl methyl sites for hydroxylation is 2. The Morgan fingerprint density at radius 3 is 1.11 bits per heavy atom. The second-order valence-corrected chi connectivity index (χ2v) is 13.4. The number of hydrogen-bond acceptors (Lipinski definition) is 0. The smallest absolute Gasteiger partial charge is 1.00 e. The summed E-state index contributed by atoms with van der Waals surface area (Å²) in [5, 5.41) is 3.28. The molecule has 0 N–H and O–H groups in total. The van der Waals surface area contributed by atoms with Crippen LogP contribution in [0.1, 0.15) is 32.8 Å². The summed E-state index contributed by atoms with van der Waals surface area (Å²) in [7, 11) is 2.04. The molecule has 0 fully saturated rings. The van der Waals surface area contributed by atoms with E-state index in [2.05, 4.69) is 41.5 Å². The van der Waals surface area contributed by atoms with Crippen LogP contribution in [0.4, 0.5) is 0 Å². The Labute approximate surface area is 144 Å². The number of hydrogen-bond donors (Lipinski definition) is 0. The second kappa shape index (κ2) is 7.87. The minimum atomic E-state index is -0.466. The summed E-state index contributed by atoms with van der Waals surface area (Å²) in [6.07, 6.45) is 0. The molecule has 0 aliphatic heterocycles. The molecule has 0 amide bonds. The van der Waals surface area contributed by atoms with E-state index in [1.165, 1.54) is 0 Å². The Morgan fingerprint density at radius 1 is 0.579 bits per heavy atom. The van der Waals surface area contributed by atoms with Gasteiger partial charge in [-0.15, -0.1) is 0 Å². The van der Waals surface area contributed by atoms with Crippen LogP contribution in [0.2, 0.25) is 0 Å². The van der Waals surface area contributed by atoms with E-state index in [4.69, 9.17) is 0 Å². The van der Waals surface area contributed by atoms with Gasteiger partial charge in [0.1, 0.15) is 0 Å².